The second kappa shape index (κ2) is 19.4. The van der Waals surface area contributed by atoms with Gasteiger partial charge in [-0.1, -0.05) is 54.7 Å². The van der Waals surface area contributed by atoms with Crippen LogP contribution in [0.25, 0.3) is 0 Å². The number of carbonyl (C=O) groups is 1. The summed E-state index contributed by atoms with van der Waals surface area (Å²) in [7, 11) is -1.45. The van der Waals surface area contributed by atoms with E-state index in [4.69, 9.17) is 39.7 Å². The van der Waals surface area contributed by atoms with Crippen LogP contribution in [0.15, 0.2) is 36.4 Å². The first kappa shape index (κ1) is 35.5. The van der Waals surface area contributed by atoms with E-state index in [1.54, 1.807) is 6.07 Å². The Morgan fingerprint density at radius 2 is 1.43 bits per heavy atom. The predicted octanol–water partition coefficient (Wildman–Crippen LogP) is -1.28. The summed E-state index contributed by atoms with van der Waals surface area (Å²) >= 11 is 11.3. The van der Waals surface area contributed by atoms with Crippen LogP contribution in [0.4, 0.5) is 8.78 Å². The van der Waals surface area contributed by atoms with E-state index in [9.17, 15) is 8.78 Å². The van der Waals surface area contributed by atoms with Gasteiger partial charge in [0.05, 0.1) is 11.1 Å². The van der Waals surface area contributed by atoms with E-state index < -0.39 is 13.9 Å². The molecule has 2 rings (SSSR count). The zero-order valence-electron chi connectivity index (χ0n) is 18.4. The monoisotopic (exact) mass is 520 g/mol. The normalized spacial score (nSPS) is 8.63. The summed E-state index contributed by atoms with van der Waals surface area (Å²) in [6.45, 7) is 6.16. The number of hydrogen-bond donors (Lipinski definition) is 0. The van der Waals surface area contributed by atoms with Crippen molar-refractivity contribution in [2.75, 3.05) is 0 Å². The molecule has 0 amide bonds. The maximum Gasteiger partial charge on any atom is 1.00 e. The van der Waals surface area contributed by atoms with E-state index in [1.807, 2.05) is 0 Å². The van der Waals surface area contributed by atoms with Gasteiger partial charge in [0.2, 0.25) is 0 Å². The van der Waals surface area contributed by atoms with Gasteiger partial charge in [0, 0.05) is 10.0 Å². The zero-order chi connectivity index (χ0) is 21.7. The average Bonchev–Trinajstić information content (AvgIpc) is 2.64. The van der Waals surface area contributed by atoms with Crippen molar-refractivity contribution in [1.82, 2.24) is 0 Å². The fourth-order valence-electron chi connectivity index (χ4n) is 1.46. The summed E-state index contributed by atoms with van der Waals surface area (Å²) in [5.41, 5.74) is 3.69. The van der Waals surface area contributed by atoms with Crippen molar-refractivity contribution >= 4 is 37.7 Å². The van der Waals surface area contributed by atoms with Crippen LogP contribution in [0.5, 0.6) is 0 Å². The van der Waals surface area contributed by atoms with E-state index >= 15 is 0 Å². The van der Waals surface area contributed by atoms with Gasteiger partial charge in [-0.25, -0.2) is 8.78 Å². The number of hydrogen-bond acceptors (Lipinski definition) is 3. The first-order valence-electron chi connectivity index (χ1n) is 7.66. The van der Waals surface area contributed by atoms with E-state index in [0.29, 0.717) is 15.6 Å². The molecule has 0 fully saturated rings. The fourth-order valence-corrected chi connectivity index (χ4v) is 2.31. The molecule has 30 heavy (non-hydrogen) atoms. The summed E-state index contributed by atoms with van der Waals surface area (Å²) < 4.78 is 25.8. The van der Waals surface area contributed by atoms with E-state index in [1.165, 1.54) is 30.3 Å². The van der Waals surface area contributed by atoms with Gasteiger partial charge in [0.15, 0.2) is 0 Å². The molecular formula is C20H18Cl2F2K2O3Si. The Kier molecular flexibility index (Phi) is 23.0. The van der Waals surface area contributed by atoms with Gasteiger partial charge in [0.1, 0.15) is 19.7 Å². The first-order chi connectivity index (χ1) is 13.0. The Balaban J connectivity index is -0.000000190. The second-order valence-electron chi connectivity index (χ2n) is 6.09. The second-order valence-corrected chi connectivity index (χ2v) is 11.7. The summed E-state index contributed by atoms with van der Waals surface area (Å²) in [6.07, 6.45) is 4.97. The Hall–Kier alpha value is 0.920. The molecule has 3 nitrogen and oxygen atoms in total. The summed E-state index contributed by atoms with van der Waals surface area (Å²) in [5, 5.41) is 9.40. The van der Waals surface area contributed by atoms with Gasteiger partial charge in [-0.05, 0) is 36.4 Å². The van der Waals surface area contributed by atoms with Gasteiger partial charge in [0.25, 0.3) is 6.47 Å². The fraction of sp³-hybridized carbons (Fsp3) is 0.150. The summed E-state index contributed by atoms with van der Waals surface area (Å²) in [4.78, 5) is 11.2. The minimum atomic E-state index is -1.45. The smallest absolute Gasteiger partial charge is 1.00 e. The van der Waals surface area contributed by atoms with Gasteiger partial charge in [-0.3, -0.25) is 4.79 Å². The molecule has 0 heterocycles. The van der Waals surface area contributed by atoms with Gasteiger partial charge in [-0.2, -0.15) is 0 Å². The predicted molar refractivity (Wildman–Crippen MR) is 109 cm³/mol. The molecule has 0 radical (unpaired) electrons. The average molecular weight is 522 g/mol. The molecule has 0 aliphatic carbocycles. The number of carbonyl (C=O) groups excluding carboxylic acids is 1. The largest absolute Gasteiger partial charge is 1.00 e. The molecule has 0 saturated heterocycles. The molecule has 10 heteroatoms. The molecule has 150 valence electrons. The van der Waals surface area contributed by atoms with Crippen molar-refractivity contribution in [3.63, 3.8) is 0 Å². The number of benzene rings is 2. The molecule has 0 aliphatic rings. The van der Waals surface area contributed by atoms with Crippen LogP contribution in [0, 0.1) is 35.4 Å². The summed E-state index contributed by atoms with van der Waals surface area (Å²) in [5.74, 6) is 4.31. The van der Waals surface area contributed by atoms with Crippen LogP contribution in [0.1, 0.15) is 12.6 Å². The topological polar surface area (TPSA) is 49.4 Å². The Labute approximate surface area is 273 Å². The van der Waals surface area contributed by atoms with Crippen molar-refractivity contribution in [2.24, 2.45) is 0 Å². The molecule has 0 N–H and O–H groups in total. The minimum absolute atomic E-state index is 0. The summed E-state index contributed by atoms with van der Waals surface area (Å²) in [6, 6.07) is 8.54. The molecule has 0 atom stereocenters. The number of rotatable bonds is 1. The van der Waals surface area contributed by atoms with Crippen molar-refractivity contribution < 1.29 is 128 Å². The van der Waals surface area contributed by atoms with Crippen molar-refractivity contribution in [1.29, 1.82) is 0 Å². The third kappa shape index (κ3) is 17.5. The molecule has 0 aromatic heterocycles. The van der Waals surface area contributed by atoms with Gasteiger partial charge >= 0.3 is 103 Å². The van der Waals surface area contributed by atoms with Crippen LogP contribution >= 0.6 is 23.2 Å². The van der Waals surface area contributed by atoms with Crippen molar-refractivity contribution in [3.05, 3.63) is 69.2 Å². The molecule has 0 aliphatic heterocycles. The Morgan fingerprint density at radius 3 is 1.77 bits per heavy atom. The van der Waals surface area contributed by atoms with Crippen LogP contribution in [-0.2, 0) is 9.68 Å². The van der Waals surface area contributed by atoms with E-state index in [2.05, 4.69) is 41.9 Å². The zero-order valence-corrected chi connectivity index (χ0v) is 26.1. The maximum absolute atomic E-state index is 13.2. The van der Waals surface area contributed by atoms with Crippen LogP contribution in [0.3, 0.4) is 0 Å². The molecule has 0 spiro atoms. The van der Waals surface area contributed by atoms with Crippen LogP contribution in [-0.4, -0.2) is 14.5 Å². The molecule has 0 bridgehead atoms. The van der Waals surface area contributed by atoms with E-state index in [0.717, 1.165) is 0 Å². The SMILES string of the molecule is C#Cc1cc(Cl)ccc1F.C[Si](C)(C)C#Cc1cc(Cl)ccc1F.O=CO[O-].[H-].[K+].[K+]. The van der Waals surface area contributed by atoms with Crippen LogP contribution in [0.2, 0.25) is 29.7 Å². The van der Waals surface area contributed by atoms with Crippen molar-refractivity contribution in [2.45, 2.75) is 19.6 Å². The number of halogens is 4. The quantitative estimate of drug-likeness (QED) is 0.155. The maximum atomic E-state index is 13.2. The van der Waals surface area contributed by atoms with Gasteiger partial charge in [-0.15, -0.1) is 12.0 Å². The molecule has 2 aromatic rings. The third-order valence-electron chi connectivity index (χ3n) is 2.62. The molecular weight excluding hydrogens is 503 g/mol. The molecule has 0 saturated carbocycles. The van der Waals surface area contributed by atoms with Crippen LogP contribution < -0.4 is 108 Å². The first-order valence-corrected chi connectivity index (χ1v) is 11.9. The van der Waals surface area contributed by atoms with E-state index in [-0.39, 0.29) is 122 Å². The van der Waals surface area contributed by atoms with Gasteiger partial charge < -0.3 is 11.6 Å². The number of terminal acetylenes is 1. The van der Waals surface area contributed by atoms with Crippen molar-refractivity contribution in [3.8, 4) is 23.8 Å². The Morgan fingerprint density at radius 1 is 1.03 bits per heavy atom. The third-order valence-corrected chi connectivity index (χ3v) is 3.97. The standard InChI is InChI=1S/C11H12ClFSi.C8H4ClF.CH2O3.2K.H/c1-14(2,3)7-6-9-8-10(12)4-5-11(9)13;1-2-6-5-7(9)3-4-8(6)10;2-1-4-3;;;/h4-5,8H,1-3H3;1,3-5H;1,3H;;;/q;;;2*+1;-1/p-1. The molecule has 2 aromatic carbocycles. The Bertz CT molecular complexity index is 912. The minimum Gasteiger partial charge on any atom is -1.00 e. The molecule has 0 unspecified atom stereocenters.